The van der Waals surface area contributed by atoms with Gasteiger partial charge in [-0.2, -0.15) is 13.2 Å². The van der Waals surface area contributed by atoms with E-state index in [-0.39, 0.29) is 13.0 Å². The lowest BCUT2D eigenvalue weighted by molar-refractivity contribution is -0.148. The summed E-state index contributed by atoms with van der Waals surface area (Å²) in [7, 11) is 2.66. The van der Waals surface area contributed by atoms with E-state index < -0.39 is 30.9 Å². The van der Waals surface area contributed by atoms with E-state index in [9.17, 15) is 22.8 Å². The van der Waals surface area contributed by atoms with E-state index in [1.165, 1.54) is 19.1 Å². The summed E-state index contributed by atoms with van der Waals surface area (Å²) in [6.45, 7) is 0.242. The zero-order valence-electron chi connectivity index (χ0n) is 9.84. The van der Waals surface area contributed by atoms with Gasteiger partial charge in [0.25, 0.3) is 0 Å². The Labute approximate surface area is 97.7 Å². The third kappa shape index (κ3) is 8.53. The molecule has 0 aliphatic rings. The molecule has 0 atom stereocenters. The molecule has 0 aliphatic carbocycles. The molecule has 0 aromatic carbocycles. The number of carbonyl (C=O) groups excluding carboxylic acids is 2. The molecule has 0 N–H and O–H groups in total. The van der Waals surface area contributed by atoms with Crippen molar-refractivity contribution in [3.63, 3.8) is 0 Å². The molecule has 0 aromatic rings. The molecule has 0 radical (unpaired) electrons. The van der Waals surface area contributed by atoms with Gasteiger partial charge in [-0.1, -0.05) is 0 Å². The zero-order valence-corrected chi connectivity index (χ0v) is 9.84. The van der Waals surface area contributed by atoms with Crippen LogP contribution < -0.4 is 0 Å². The first-order chi connectivity index (χ1) is 7.76. The Balaban J connectivity index is 3.79. The highest BCUT2D eigenvalue weighted by atomic mass is 19.4. The molecule has 4 nitrogen and oxygen atoms in total. The maximum absolute atomic E-state index is 11.9. The lowest BCUT2D eigenvalue weighted by Crippen LogP contribution is -2.29. The van der Waals surface area contributed by atoms with Crippen molar-refractivity contribution in [2.24, 2.45) is 0 Å². The Bertz CT molecular complexity index is 266. The maximum Gasteiger partial charge on any atom is 0.389 e. The van der Waals surface area contributed by atoms with Crippen LogP contribution in [0.5, 0.6) is 0 Å². The summed E-state index contributed by atoms with van der Waals surface area (Å²) < 4.78 is 39.9. The highest BCUT2D eigenvalue weighted by Crippen LogP contribution is 2.21. The predicted octanol–water partition coefficient (Wildman–Crippen LogP) is 1.74. The molecule has 0 saturated heterocycles. The van der Waals surface area contributed by atoms with Gasteiger partial charge >= 0.3 is 12.1 Å². The smallest absolute Gasteiger partial charge is 0.389 e. The average molecular weight is 255 g/mol. The highest BCUT2D eigenvalue weighted by Gasteiger charge is 2.28. The first-order valence-electron chi connectivity index (χ1n) is 5.14. The summed E-state index contributed by atoms with van der Waals surface area (Å²) >= 11 is 0. The molecule has 17 heavy (non-hydrogen) atoms. The van der Waals surface area contributed by atoms with Crippen molar-refractivity contribution in [1.82, 2.24) is 4.90 Å². The molecular weight excluding hydrogens is 239 g/mol. The molecule has 1 amide bonds. The summed E-state index contributed by atoms with van der Waals surface area (Å²) in [5, 5.41) is 0. The van der Waals surface area contributed by atoms with Crippen LogP contribution in [0, 0.1) is 0 Å². The van der Waals surface area contributed by atoms with E-state index in [4.69, 9.17) is 0 Å². The standard InChI is InChI=1S/C10H16F3NO3/c1-14(7-3-4-9(16)17-2)8(15)5-6-10(11,12)13/h3-7H2,1-2H3. The van der Waals surface area contributed by atoms with Gasteiger partial charge in [0.05, 0.1) is 13.5 Å². The van der Waals surface area contributed by atoms with Gasteiger partial charge in [0.2, 0.25) is 5.91 Å². The van der Waals surface area contributed by atoms with Crippen molar-refractivity contribution in [3.05, 3.63) is 0 Å². The first kappa shape index (κ1) is 15.7. The summed E-state index contributed by atoms with van der Waals surface area (Å²) in [6, 6.07) is 0. The third-order valence-corrected chi connectivity index (χ3v) is 2.15. The SMILES string of the molecule is COC(=O)CCCN(C)C(=O)CCC(F)(F)F. The van der Waals surface area contributed by atoms with Crippen molar-refractivity contribution in [2.75, 3.05) is 20.7 Å². The molecule has 0 bridgehead atoms. The number of esters is 1. The summed E-state index contributed by atoms with van der Waals surface area (Å²) in [6.07, 6.45) is -5.47. The quantitative estimate of drug-likeness (QED) is 0.679. The van der Waals surface area contributed by atoms with E-state index in [0.717, 1.165) is 0 Å². The van der Waals surface area contributed by atoms with Gasteiger partial charge in [-0.3, -0.25) is 9.59 Å². The lowest BCUT2D eigenvalue weighted by atomic mass is 10.2. The van der Waals surface area contributed by atoms with E-state index in [0.29, 0.717) is 6.42 Å². The van der Waals surface area contributed by atoms with Crippen LogP contribution in [-0.2, 0) is 14.3 Å². The molecule has 0 heterocycles. The van der Waals surface area contributed by atoms with Crippen LogP contribution in [0.4, 0.5) is 13.2 Å². The number of ether oxygens (including phenoxy) is 1. The van der Waals surface area contributed by atoms with Crippen LogP contribution in [0.3, 0.4) is 0 Å². The van der Waals surface area contributed by atoms with E-state index in [1.54, 1.807) is 0 Å². The van der Waals surface area contributed by atoms with E-state index in [2.05, 4.69) is 4.74 Å². The van der Waals surface area contributed by atoms with Crippen molar-refractivity contribution in [2.45, 2.75) is 31.9 Å². The van der Waals surface area contributed by atoms with Gasteiger partial charge in [0.1, 0.15) is 0 Å². The molecule has 7 heteroatoms. The summed E-state index contributed by atoms with van der Waals surface area (Å²) in [5.74, 6) is -0.978. The van der Waals surface area contributed by atoms with Crippen molar-refractivity contribution < 1.29 is 27.5 Å². The minimum Gasteiger partial charge on any atom is -0.469 e. The second-order valence-corrected chi connectivity index (χ2v) is 3.61. The third-order valence-electron chi connectivity index (χ3n) is 2.15. The van der Waals surface area contributed by atoms with Crippen LogP contribution >= 0.6 is 0 Å². The number of nitrogens with zero attached hydrogens (tertiary/aromatic N) is 1. The van der Waals surface area contributed by atoms with Crippen LogP contribution in [0.15, 0.2) is 0 Å². The Kier molecular flexibility index (Phi) is 6.60. The Morgan fingerprint density at radius 3 is 2.29 bits per heavy atom. The van der Waals surface area contributed by atoms with E-state index >= 15 is 0 Å². The number of hydrogen-bond donors (Lipinski definition) is 0. The minimum atomic E-state index is -4.32. The molecule has 0 spiro atoms. The van der Waals surface area contributed by atoms with Gasteiger partial charge in [0.15, 0.2) is 0 Å². The Morgan fingerprint density at radius 2 is 1.82 bits per heavy atom. The molecule has 0 fully saturated rings. The highest BCUT2D eigenvalue weighted by molar-refractivity contribution is 5.76. The molecule has 0 saturated carbocycles. The van der Waals surface area contributed by atoms with Crippen LogP contribution in [0.1, 0.15) is 25.7 Å². The van der Waals surface area contributed by atoms with Crippen molar-refractivity contribution in [1.29, 1.82) is 0 Å². The van der Waals surface area contributed by atoms with E-state index in [1.807, 2.05) is 0 Å². The van der Waals surface area contributed by atoms with Crippen LogP contribution in [0.2, 0.25) is 0 Å². The number of rotatable bonds is 6. The number of hydrogen-bond acceptors (Lipinski definition) is 3. The topological polar surface area (TPSA) is 46.6 Å². The largest absolute Gasteiger partial charge is 0.469 e. The number of carbonyl (C=O) groups is 2. The number of amides is 1. The summed E-state index contributed by atoms with van der Waals surface area (Å²) in [4.78, 5) is 23.2. The maximum atomic E-state index is 11.9. The summed E-state index contributed by atoms with van der Waals surface area (Å²) in [5.41, 5.74) is 0. The minimum absolute atomic E-state index is 0.146. The number of alkyl halides is 3. The van der Waals surface area contributed by atoms with Crippen LogP contribution in [0.25, 0.3) is 0 Å². The molecule has 0 aromatic heterocycles. The van der Waals surface area contributed by atoms with Gasteiger partial charge < -0.3 is 9.64 Å². The fourth-order valence-electron chi connectivity index (χ4n) is 1.13. The monoisotopic (exact) mass is 255 g/mol. The molecular formula is C10H16F3NO3. The van der Waals surface area contributed by atoms with Crippen molar-refractivity contribution in [3.8, 4) is 0 Å². The Morgan fingerprint density at radius 1 is 1.24 bits per heavy atom. The van der Waals surface area contributed by atoms with Gasteiger partial charge in [-0.05, 0) is 6.42 Å². The second-order valence-electron chi connectivity index (χ2n) is 3.61. The average Bonchev–Trinajstić information content (AvgIpc) is 2.24. The fraction of sp³-hybridized carbons (Fsp3) is 0.800. The normalized spacial score (nSPS) is 11.1. The predicted molar refractivity (Wildman–Crippen MR) is 54.2 cm³/mol. The van der Waals surface area contributed by atoms with Crippen LogP contribution in [-0.4, -0.2) is 43.7 Å². The number of methoxy groups -OCH3 is 1. The number of halogens is 3. The molecule has 100 valence electrons. The molecule has 0 rings (SSSR count). The van der Waals surface area contributed by atoms with Gasteiger partial charge in [-0.25, -0.2) is 0 Å². The Hall–Kier alpha value is -1.27. The first-order valence-corrected chi connectivity index (χ1v) is 5.14. The second kappa shape index (κ2) is 7.13. The van der Waals surface area contributed by atoms with Crippen molar-refractivity contribution >= 4 is 11.9 Å². The molecule has 0 aliphatic heterocycles. The van der Waals surface area contributed by atoms with Gasteiger partial charge in [0, 0.05) is 26.4 Å². The van der Waals surface area contributed by atoms with Gasteiger partial charge in [-0.15, -0.1) is 0 Å². The fourth-order valence-corrected chi connectivity index (χ4v) is 1.13. The molecule has 0 unspecified atom stereocenters. The zero-order chi connectivity index (χ0) is 13.5. The lowest BCUT2D eigenvalue weighted by Gasteiger charge is -2.17.